The fraction of sp³-hybridized carbons (Fsp3) is 0.529. The van der Waals surface area contributed by atoms with Gasteiger partial charge in [-0.15, -0.1) is 0 Å². The lowest BCUT2D eigenvalue weighted by Gasteiger charge is -2.26. The second-order valence-corrected chi connectivity index (χ2v) is 5.16. The van der Waals surface area contributed by atoms with Crippen molar-refractivity contribution < 1.29 is 13.9 Å². The molecule has 0 amide bonds. The highest BCUT2D eigenvalue weighted by Gasteiger charge is 2.15. The number of likely N-dealkylation sites (N-methyl/N-ethyl adjacent to an activating group) is 1. The van der Waals surface area contributed by atoms with Crippen molar-refractivity contribution in [3.05, 3.63) is 30.7 Å². The predicted octanol–water partition coefficient (Wildman–Crippen LogP) is 3.52. The maximum atomic E-state index is 14.4. The van der Waals surface area contributed by atoms with Gasteiger partial charge in [-0.3, -0.25) is 0 Å². The van der Waals surface area contributed by atoms with Crippen LogP contribution in [-0.2, 0) is 0 Å². The van der Waals surface area contributed by atoms with E-state index < -0.39 is 0 Å². The van der Waals surface area contributed by atoms with E-state index in [1.165, 1.54) is 7.11 Å². The molecule has 0 saturated heterocycles. The lowest BCUT2D eigenvalue weighted by atomic mass is 10.2. The normalized spacial score (nSPS) is 10.2. The Kier molecular flexibility index (Phi) is 7.57. The minimum atomic E-state index is -0.371. The van der Waals surface area contributed by atoms with E-state index in [2.05, 4.69) is 18.4 Å². The molecule has 0 aliphatic heterocycles. The molecule has 0 saturated carbocycles. The molecular weight excluding hydrogens is 283 g/mol. The zero-order valence-electron chi connectivity index (χ0n) is 14.1. The lowest BCUT2D eigenvalue weighted by molar-refractivity contribution is 0.368. The SMILES string of the molecule is C=CN(CCCC)CCN(C)c1cc(OC)cc(OC)c1F. The summed E-state index contributed by atoms with van der Waals surface area (Å²) in [5.74, 6) is 0.393. The number of hydrogen-bond donors (Lipinski definition) is 0. The van der Waals surface area contributed by atoms with Crippen molar-refractivity contribution in [2.24, 2.45) is 0 Å². The molecule has 5 heteroatoms. The highest BCUT2D eigenvalue weighted by molar-refractivity contribution is 5.56. The number of unbranched alkanes of at least 4 members (excludes halogenated alkanes) is 1. The zero-order valence-corrected chi connectivity index (χ0v) is 14.1. The first-order valence-corrected chi connectivity index (χ1v) is 7.56. The molecule has 0 radical (unpaired) electrons. The number of rotatable bonds is 10. The van der Waals surface area contributed by atoms with Gasteiger partial charge in [-0.2, -0.15) is 0 Å². The average molecular weight is 310 g/mol. The first-order valence-electron chi connectivity index (χ1n) is 7.56. The van der Waals surface area contributed by atoms with Gasteiger partial charge in [0.05, 0.1) is 19.9 Å². The van der Waals surface area contributed by atoms with Crippen LogP contribution in [0, 0.1) is 5.82 Å². The molecule has 124 valence electrons. The second-order valence-electron chi connectivity index (χ2n) is 5.16. The predicted molar refractivity (Wildman–Crippen MR) is 89.5 cm³/mol. The second kappa shape index (κ2) is 9.18. The van der Waals surface area contributed by atoms with E-state index in [-0.39, 0.29) is 11.6 Å². The fourth-order valence-electron chi connectivity index (χ4n) is 2.16. The number of halogens is 1. The molecule has 1 aromatic rings. The van der Waals surface area contributed by atoms with Gasteiger partial charge in [-0.05, 0) is 12.6 Å². The van der Waals surface area contributed by atoms with Crippen molar-refractivity contribution in [3.63, 3.8) is 0 Å². The summed E-state index contributed by atoms with van der Waals surface area (Å²) in [7, 11) is 4.87. The summed E-state index contributed by atoms with van der Waals surface area (Å²) in [6.45, 7) is 8.43. The Morgan fingerprint density at radius 1 is 1.18 bits per heavy atom. The lowest BCUT2D eigenvalue weighted by Crippen LogP contribution is -2.31. The zero-order chi connectivity index (χ0) is 16.5. The van der Waals surface area contributed by atoms with Gasteiger partial charge < -0.3 is 19.3 Å². The Morgan fingerprint density at radius 3 is 2.45 bits per heavy atom. The smallest absolute Gasteiger partial charge is 0.188 e. The molecule has 0 N–H and O–H groups in total. The van der Waals surface area contributed by atoms with Gasteiger partial charge in [-0.25, -0.2) is 4.39 Å². The first kappa shape index (κ1) is 18.1. The Bertz CT molecular complexity index is 480. The number of nitrogens with zero attached hydrogens (tertiary/aromatic N) is 2. The third kappa shape index (κ3) is 4.83. The number of ether oxygens (including phenoxy) is 2. The van der Waals surface area contributed by atoms with Crippen LogP contribution in [0.3, 0.4) is 0 Å². The Labute approximate surface area is 133 Å². The van der Waals surface area contributed by atoms with Crippen LogP contribution in [0.4, 0.5) is 10.1 Å². The van der Waals surface area contributed by atoms with Gasteiger partial charge in [0.1, 0.15) is 5.75 Å². The minimum absolute atomic E-state index is 0.188. The van der Waals surface area contributed by atoms with E-state index >= 15 is 0 Å². The molecule has 0 atom stereocenters. The number of anilines is 1. The van der Waals surface area contributed by atoms with Crippen LogP contribution in [0.5, 0.6) is 11.5 Å². The van der Waals surface area contributed by atoms with E-state index in [4.69, 9.17) is 9.47 Å². The van der Waals surface area contributed by atoms with E-state index in [1.807, 2.05) is 18.1 Å². The molecule has 0 aliphatic rings. The van der Waals surface area contributed by atoms with Gasteiger partial charge in [-0.1, -0.05) is 19.9 Å². The molecule has 1 aromatic carbocycles. The van der Waals surface area contributed by atoms with Crippen LogP contribution in [0.1, 0.15) is 19.8 Å². The van der Waals surface area contributed by atoms with Crippen molar-refractivity contribution in [2.45, 2.75) is 19.8 Å². The Morgan fingerprint density at radius 2 is 1.91 bits per heavy atom. The molecule has 22 heavy (non-hydrogen) atoms. The minimum Gasteiger partial charge on any atom is -0.497 e. The van der Waals surface area contributed by atoms with Crippen LogP contribution in [-0.4, -0.2) is 45.8 Å². The van der Waals surface area contributed by atoms with Crippen molar-refractivity contribution in [1.29, 1.82) is 0 Å². The van der Waals surface area contributed by atoms with Gasteiger partial charge in [0.25, 0.3) is 0 Å². The number of hydrogen-bond acceptors (Lipinski definition) is 4. The van der Waals surface area contributed by atoms with E-state index in [9.17, 15) is 4.39 Å². The van der Waals surface area contributed by atoms with Crippen LogP contribution >= 0.6 is 0 Å². The molecule has 0 fully saturated rings. The number of benzene rings is 1. The topological polar surface area (TPSA) is 24.9 Å². The molecule has 0 heterocycles. The maximum absolute atomic E-state index is 14.4. The third-order valence-corrected chi connectivity index (χ3v) is 3.64. The molecule has 0 spiro atoms. The monoisotopic (exact) mass is 310 g/mol. The first-order chi connectivity index (χ1) is 10.6. The van der Waals surface area contributed by atoms with Gasteiger partial charge in [0, 0.05) is 38.8 Å². The Balaban J connectivity index is 2.79. The number of methoxy groups -OCH3 is 2. The van der Waals surface area contributed by atoms with Crippen LogP contribution in [0.15, 0.2) is 24.9 Å². The molecule has 0 bridgehead atoms. The van der Waals surface area contributed by atoms with Gasteiger partial charge in [0.15, 0.2) is 11.6 Å². The molecule has 0 aliphatic carbocycles. The summed E-state index contributed by atoms with van der Waals surface area (Å²) in [5.41, 5.74) is 0.468. The summed E-state index contributed by atoms with van der Waals surface area (Å²) >= 11 is 0. The van der Waals surface area contributed by atoms with E-state index in [0.29, 0.717) is 18.0 Å². The molecular formula is C17H27FN2O2. The van der Waals surface area contributed by atoms with Gasteiger partial charge >= 0.3 is 0 Å². The third-order valence-electron chi connectivity index (χ3n) is 3.64. The highest BCUT2D eigenvalue weighted by Crippen LogP contribution is 2.32. The summed E-state index contributed by atoms with van der Waals surface area (Å²) in [6, 6.07) is 3.23. The van der Waals surface area contributed by atoms with Crippen molar-refractivity contribution in [1.82, 2.24) is 4.90 Å². The van der Waals surface area contributed by atoms with Crippen molar-refractivity contribution >= 4 is 5.69 Å². The van der Waals surface area contributed by atoms with Crippen LogP contribution < -0.4 is 14.4 Å². The maximum Gasteiger partial charge on any atom is 0.188 e. The molecule has 0 aromatic heterocycles. The van der Waals surface area contributed by atoms with Crippen LogP contribution in [0.2, 0.25) is 0 Å². The fourth-order valence-corrected chi connectivity index (χ4v) is 2.16. The molecule has 1 rings (SSSR count). The van der Waals surface area contributed by atoms with E-state index in [0.717, 1.165) is 25.9 Å². The average Bonchev–Trinajstić information content (AvgIpc) is 2.55. The highest BCUT2D eigenvalue weighted by atomic mass is 19.1. The largest absolute Gasteiger partial charge is 0.497 e. The van der Waals surface area contributed by atoms with E-state index in [1.54, 1.807) is 19.2 Å². The summed E-state index contributed by atoms with van der Waals surface area (Å²) in [4.78, 5) is 4.01. The summed E-state index contributed by atoms with van der Waals surface area (Å²) < 4.78 is 24.7. The standard InChI is InChI=1S/C17H27FN2O2/c1-6-8-9-20(7-2)11-10-19(3)15-12-14(21-4)13-16(22-5)17(15)18/h7,12-13H,2,6,8-11H2,1,3-5H3. The van der Waals surface area contributed by atoms with Crippen molar-refractivity contribution in [2.75, 3.05) is 45.8 Å². The molecule has 0 unspecified atom stereocenters. The molecule has 4 nitrogen and oxygen atoms in total. The Hall–Kier alpha value is -1.91. The van der Waals surface area contributed by atoms with Crippen molar-refractivity contribution in [3.8, 4) is 11.5 Å². The van der Waals surface area contributed by atoms with Gasteiger partial charge in [0.2, 0.25) is 0 Å². The van der Waals surface area contributed by atoms with Crippen LogP contribution in [0.25, 0.3) is 0 Å². The summed E-state index contributed by atoms with van der Waals surface area (Å²) in [5, 5.41) is 0. The quantitative estimate of drug-likeness (QED) is 0.660. The summed E-state index contributed by atoms with van der Waals surface area (Å²) in [6.07, 6.45) is 4.10.